The predicted octanol–water partition coefficient (Wildman–Crippen LogP) is 5.35. The molecule has 2 aromatic carbocycles. The van der Waals surface area contributed by atoms with Crippen LogP contribution in [0.1, 0.15) is 39.0 Å². The molecule has 1 saturated heterocycles. The van der Waals surface area contributed by atoms with Crippen molar-refractivity contribution in [3.05, 3.63) is 60.7 Å². The highest BCUT2D eigenvalue weighted by atomic mass is 16.5. The van der Waals surface area contributed by atoms with Crippen LogP contribution in [0.2, 0.25) is 0 Å². The van der Waals surface area contributed by atoms with Crippen LogP contribution in [0.15, 0.2) is 60.7 Å². The van der Waals surface area contributed by atoms with Gasteiger partial charge in [0.2, 0.25) is 0 Å². The zero-order chi connectivity index (χ0) is 18.0. The minimum Gasteiger partial charge on any atom is -0.497 e. The predicted molar refractivity (Wildman–Crippen MR) is 110 cm³/mol. The fourth-order valence-corrected chi connectivity index (χ4v) is 2.32. The van der Waals surface area contributed by atoms with Crippen LogP contribution in [0.3, 0.4) is 0 Å². The van der Waals surface area contributed by atoms with E-state index < -0.39 is 0 Å². The molecule has 0 aliphatic carbocycles. The first kappa shape index (κ1) is 21.0. The van der Waals surface area contributed by atoms with Gasteiger partial charge in [0.15, 0.2) is 0 Å². The Labute approximate surface area is 153 Å². The van der Waals surface area contributed by atoms with Crippen molar-refractivity contribution in [3.63, 3.8) is 0 Å². The van der Waals surface area contributed by atoms with Crippen molar-refractivity contribution in [2.75, 3.05) is 32.1 Å². The van der Waals surface area contributed by atoms with Gasteiger partial charge in [-0.05, 0) is 56.6 Å². The molecular formula is C22H34N2O. The lowest BCUT2D eigenvalue weighted by atomic mass is 10.2. The maximum atomic E-state index is 4.91. The van der Waals surface area contributed by atoms with Crippen LogP contribution in [0.5, 0.6) is 5.75 Å². The monoisotopic (exact) mass is 342 g/mol. The molecule has 2 N–H and O–H groups in total. The summed E-state index contributed by atoms with van der Waals surface area (Å²) in [6.07, 6.45) is 6.71. The molecule has 1 heterocycles. The molecule has 25 heavy (non-hydrogen) atoms. The van der Waals surface area contributed by atoms with Gasteiger partial charge < -0.3 is 15.4 Å². The van der Waals surface area contributed by atoms with Crippen molar-refractivity contribution in [3.8, 4) is 5.75 Å². The summed E-state index contributed by atoms with van der Waals surface area (Å²) in [7, 11) is 1.66. The molecule has 0 bridgehead atoms. The van der Waals surface area contributed by atoms with Gasteiger partial charge in [-0.2, -0.15) is 0 Å². The number of piperidine rings is 1. The maximum Gasteiger partial charge on any atom is 0.118 e. The van der Waals surface area contributed by atoms with E-state index in [1.54, 1.807) is 7.11 Å². The minimum absolute atomic E-state index is 0.910. The van der Waals surface area contributed by atoms with Crippen LogP contribution in [0, 0.1) is 0 Å². The molecule has 3 heteroatoms. The molecule has 0 radical (unpaired) electrons. The van der Waals surface area contributed by atoms with Crippen molar-refractivity contribution in [2.45, 2.75) is 39.0 Å². The molecule has 0 unspecified atom stereocenters. The summed E-state index contributed by atoms with van der Waals surface area (Å²) in [4.78, 5) is 0. The zero-order valence-corrected chi connectivity index (χ0v) is 15.8. The Kier molecular flexibility index (Phi) is 13.1. The van der Waals surface area contributed by atoms with E-state index in [9.17, 15) is 0 Å². The number of methoxy groups -OCH3 is 1. The smallest absolute Gasteiger partial charge is 0.118 e. The van der Waals surface area contributed by atoms with E-state index in [1.807, 2.05) is 48.5 Å². The molecule has 138 valence electrons. The van der Waals surface area contributed by atoms with Crippen molar-refractivity contribution in [2.24, 2.45) is 0 Å². The number of rotatable bonds is 5. The van der Waals surface area contributed by atoms with Gasteiger partial charge in [-0.25, -0.2) is 0 Å². The first-order valence-electron chi connectivity index (χ1n) is 9.45. The second-order valence-corrected chi connectivity index (χ2v) is 5.97. The summed E-state index contributed by atoms with van der Waals surface area (Å²) in [5, 5.41) is 6.63. The van der Waals surface area contributed by atoms with Gasteiger partial charge in [-0.15, -0.1) is 0 Å². The van der Waals surface area contributed by atoms with E-state index in [-0.39, 0.29) is 0 Å². The molecule has 3 rings (SSSR count). The number of hydrogen-bond donors (Lipinski definition) is 2. The van der Waals surface area contributed by atoms with Crippen molar-refractivity contribution >= 4 is 5.69 Å². The first-order valence-corrected chi connectivity index (χ1v) is 9.45. The van der Waals surface area contributed by atoms with E-state index in [0.29, 0.717) is 0 Å². The van der Waals surface area contributed by atoms with Crippen molar-refractivity contribution in [1.82, 2.24) is 5.32 Å². The molecule has 0 spiro atoms. The Hall–Kier alpha value is -2.00. The Bertz CT molecular complexity index is 486. The van der Waals surface area contributed by atoms with E-state index in [0.717, 1.165) is 12.3 Å². The molecule has 1 fully saturated rings. The number of ether oxygens (including phenoxy) is 1. The van der Waals surface area contributed by atoms with Crippen molar-refractivity contribution < 1.29 is 4.74 Å². The molecule has 3 nitrogen and oxygen atoms in total. The molecule has 0 aromatic heterocycles. The van der Waals surface area contributed by atoms with Crippen LogP contribution >= 0.6 is 0 Å². The first-order chi connectivity index (χ1) is 12.4. The lowest BCUT2D eigenvalue weighted by Crippen LogP contribution is -2.21. The molecule has 1 aliphatic heterocycles. The summed E-state index contributed by atoms with van der Waals surface area (Å²) < 4.78 is 4.91. The number of unbranched alkanes of at least 4 members (excludes halogenated alkanes) is 1. The molecule has 0 amide bonds. The highest BCUT2D eigenvalue weighted by Gasteiger charge is 1.93. The lowest BCUT2D eigenvalue weighted by Gasteiger charge is -2.08. The number of para-hydroxylation sites is 2. The Balaban J connectivity index is 0.000000197. The number of anilines is 1. The normalized spacial score (nSPS) is 12.7. The van der Waals surface area contributed by atoms with E-state index in [4.69, 9.17) is 4.74 Å². The Morgan fingerprint density at radius 2 is 1.48 bits per heavy atom. The Morgan fingerprint density at radius 1 is 0.880 bits per heavy atom. The van der Waals surface area contributed by atoms with Crippen LogP contribution < -0.4 is 15.4 Å². The largest absolute Gasteiger partial charge is 0.497 e. The van der Waals surface area contributed by atoms with Crippen LogP contribution in [-0.2, 0) is 0 Å². The maximum absolute atomic E-state index is 4.91. The van der Waals surface area contributed by atoms with Crippen LogP contribution in [-0.4, -0.2) is 26.7 Å². The van der Waals surface area contributed by atoms with Gasteiger partial charge >= 0.3 is 0 Å². The second kappa shape index (κ2) is 15.5. The topological polar surface area (TPSA) is 33.3 Å². The standard InChI is InChI=1S/C10H15N.C7H8O.C5H11N/c1-2-3-9-11-10-7-5-4-6-8-10;1-8-7-5-3-2-4-6-7;1-2-4-6-5-3-1/h4-8,11H,2-3,9H2,1H3;2-6H,1H3;6H,1-5H2. The van der Waals surface area contributed by atoms with E-state index in [1.165, 1.54) is 50.9 Å². The SMILES string of the molecule is C1CCNCC1.CCCCNc1ccccc1.COc1ccccc1. The van der Waals surface area contributed by atoms with Crippen LogP contribution in [0.25, 0.3) is 0 Å². The summed E-state index contributed by atoms with van der Waals surface area (Å²) >= 11 is 0. The van der Waals surface area contributed by atoms with Gasteiger partial charge in [-0.1, -0.05) is 56.2 Å². The second-order valence-electron chi connectivity index (χ2n) is 5.97. The number of hydrogen-bond acceptors (Lipinski definition) is 3. The molecule has 1 aliphatic rings. The zero-order valence-electron chi connectivity index (χ0n) is 15.8. The van der Waals surface area contributed by atoms with Gasteiger partial charge in [0.25, 0.3) is 0 Å². The summed E-state index contributed by atoms with van der Waals surface area (Å²) in [5.74, 6) is 0.910. The lowest BCUT2D eigenvalue weighted by molar-refractivity contribution is 0.415. The van der Waals surface area contributed by atoms with Crippen LogP contribution in [0.4, 0.5) is 5.69 Å². The summed E-state index contributed by atoms with van der Waals surface area (Å²) in [6, 6.07) is 20.0. The third-order valence-corrected chi connectivity index (χ3v) is 3.82. The quantitative estimate of drug-likeness (QED) is 0.718. The average molecular weight is 343 g/mol. The van der Waals surface area contributed by atoms with Gasteiger partial charge in [0.05, 0.1) is 7.11 Å². The fraction of sp³-hybridized carbons (Fsp3) is 0.455. The molecule has 0 saturated carbocycles. The van der Waals surface area contributed by atoms with Crippen molar-refractivity contribution in [1.29, 1.82) is 0 Å². The number of nitrogens with one attached hydrogen (secondary N) is 2. The third kappa shape index (κ3) is 12.1. The Morgan fingerprint density at radius 3 is 1.88 bits per heavy atom. The molecular weight excluding hydrogens is 308 g/mol. The molecule has 2 aromatic rings. The van der Waals surface area contributed by atoms with Gasteiger partial charge in [-0.3, -0.25) is 0 Å². The van der Waals surface area contributed by atoms with Gasteiger partial charge in [0, 0.05) is 12.2 Å². The fourth-order valence-electron chi connectivity index (χ4n) is 2.32. The third-order valence-electron chi connectivity index (χ3n) is 3.82. The number of benzene rings is 2. The summed E-state index contributed by atoms with van der Waals surface area (Å²) in [6.45, 7) is 5.78. The minimum atomic E-state index is 0.910. The van der Waals surface area contributed by atoms with E-state index in [2.05, 4.69) is 29.7 Å². The highest BCUT2D eigenvalue weighted by Crippen LogP contribution is 2.05. The van der Waals surface area contributed by atoms with Gasteiger partial charge in [0.1, 0.15) is 5.75 Å². The summed E-state index contributed by atoms with van der Waals surface area (Å²) in [5.41, 5.74) is 1.22. The average Bonchev–Trinajstić information content (AvgIpc) is 2.72. The van der Waals surface area contributed by atoms with E-state index >= 15 is 0 Å². The highest BCUT2D eigenvalue weighted by molar-refractivity contribution is 5.42. The molecule has 0 atom stereocenters.